The van der Waals surface area contributed by atoms with Crippen molar-refractivity contribution in [2.45, 2.75) is 38.9 Å². The van der Waals surface area contributed by atoms with Crippen molar-refractivity contribution >= 4 is 7.82 Å². The van der Waals surface area contributed by atoms with Gasteiger partial charge in [0.2, 0.25) is 0 Å². The van der Waals surface area contributed by atoms with Gasteiger partial charge in [-0.3, -0.25) is 9.05 Å². The molecule has 1 aromatic carbocycles. The molecule has 94 valence electrons. The van der Waals surface area contributed by atoms with Crippen molar-refractivity contribution in [1.82, 2.24) is 0 Å². The third-order valence-electron chi connectivity index (χ3n) is 2.41. The van der Waals surface area contributed by atoms with Gasteiger partial charge in [0, 0.05) is 6.42 Å². The number of phosphoric ester groups is 1. The van der Waals surface area contributed by atoms with Gasteiger partial charge in [0.15, 0.2) is 0 Å². The fraction of sp³-hybridized carbons (Fsp3) is 0.500. The van der Waals surface area contributed by atoms with E-state index >= 15 is 0 Å². The van der Waals surface area contributed by atoms with Gasteiger partial charge in [-0.1, -0.05) is 18.2 Å². The molecular formula is C12H17O4P. The summed E-state index contributed by atoms with van der Waals surface area (Å²) >= 11 is 0. The average Bonchev–Trinajstić information content (AvgIpc) is 2.13. The predicted octanol–water partition coefficient (Wildman–Crippen LogP) is 3.78. The van der Waals surface area contributed by atoms with Crippen LogP contribution in [0, 0.1) is 0 Å². The van der Waals surface area contributed by atoms with E-state index in [1.54, 1.807) is 24.3 Å². The van der Waals surface area contributed by atoms with Crippen molar-refractivity contribution in [2.24, 2.45) is 0 Å². The van der Waals surface area contributed by atoms with Crippen LogP contribution in [0.2, 0.25) is 0 Å². The maximum atomic E-state index is 12.4. The van der Waals surface area contributed by atoms with Crippen LogP contribution in [0.1, 0.15) is 27.2 Å². The largest absolute Gasteiger partial charge is 0.530 e. The molecule has 0 saturated carbocycles. The Hall–Kier alpha value is -0.830. The molecule has 0 spiro atoms. The first-order valence-electron chi connectivity index (χ1n) is 5.62. The van der Waals surface area contributed by atoms with E-state index in [1.807, 2.05) is 26.8 Å². The van der Waals surface area contributed by atoms with Crippen molar-refractivity contribution in [1.29, 1.82) is 0 Å². The van der Waals surface area contributed by atoms with Crippen molar-refractivity contribution in [3.05, 3.63) is 30.3 Å². The molecular weight excluding hydrogens is 239 g/mol. The molecule has 1 aliphatic rings. The molecule has 17 heavy (non-hydrogen) atoms. The van der Waals surface area contributed by atoms with Gasteiger partial charge in [0.05, 0.1) is 11.7 Å². The quantitative estimate of drug-likeness (QED) is 0.755. The molecule has 0 radical (unpaired) electrons. The zero-order valence-corrected chi connectivity index (χ0v) is 11.1. The first-order chi connectivity index (χ1) is 7.89. The van der Waals surface area contributed by atoms with Gasteiger partial charge in [-0.25, -0.2) is 4.57 Å². The fourth-order valence-corrected chi connectivity index (χ4v) is 3.66. The molecule has 4 nitrogen and oxygen atoms in total. The van der Waals surface area contributed by atoms with E-state index in [0.717, 1.165) is 0 Å². The van der Waals surface area contributed by atoms with Crippen molar-refractivity contribution in [3.8, 4) is 5.75 Å². The highest BCUT2D eigenvalue weighted by Crippen LogP contribution is 2.57. The van der Waals surface area contributed by atoms with E-state index in [9.17, 15) is 4.57 Å². The number of para-hydroxylation sites is 1. The third kappa shape index (κ3) is 3.32. The molecule has 0 aliphatic carbocycles. The summed E-state index contributed by atoms with van der Waals surface area (Å²) in [7, 11) is -3.51. The Labute approximate surface area is 102 Å². The second-order valence-corrected chi connectivity index (χ2v) is 6.29. The highest BCUT2D eigenvalue weighted by molar-refractivity contribution is 7.49. The lowest BCUT2D eigenvalue weighted by Gasteiger charge is -2.37. The van der Waals surface area contributed by atoms with Gasteiger partial charge in [-0.15, -0.1) is 0 Å². The molecule has 1 unspecified atom stereocenters. The Morgan fingerprint density at radius 3 is 2.59 bits per heavy atom. The molecule has 1 heterocycles. The van der Waals surface area contributed by atoms with E-state index < -0.39 is 13.4 Å². The van der Waals surface area contributed by atoms with Crippen LogP contribution in [0.5, 0.6) is 5.75 Å². The topological polar surface area (TPSA) is 44.8 Å². The van der Waals surface area contributed by atoms with Crippen molar-refractivity contribution in [3.63, 3.8) is 0 Å². The molecule has 5 heteroatoms. The first kappa shape index (κ1) is 12.6. The number of phosphoric acid groups is 1. The molecule has 2 atom stereocenters. The predicted molar refractivity (Wildman–Crippen MR) is 65.0 cm³/mol. The molecule has 0 bridgehead atoms. The lowest BCUT2D eigenvalue weighted by Crippen LogP contribution is -2.35. The van der Waals surface area contributed by atoms with Crippen LogP contribution in [0.25, 0.3) is 0 Å². The maximum Gasteiger partial charge on any atom is 0.530 e. The summed E-state index contributed by atoms with van der Waals surface area (Å²) in [5.41, 5.74) is -0.498. The standard InChI is InChI=1S/C12H17O4P/c1-10-9-12(2,3)16-17(13,14-10)15-11-7-5-4-6-8-11/h4-8,10H,9H2,1-3H3/t10-,17?/m0/s1. The highest BCUT2D eigenvalue weighted by Gasteiger charge is 2.44. The second-order valence-electron chi connectivity index (χ2n) is 4.82. The lowest BCUT2D eigenvalue weighted by atomic mass is 10.0. The second kappa shape index (κ2) is 4.45. The first-order valence-corrected chi connectivity index (χ1v) is 7.08. The summed E-state index contributed by atoms with van der Waals surface area (Å²) in [6.45, 7) is 5.63. The van der Waals surface area contributed by atoms with E-state index in [1.165, 1.54) is 0 Å². The summed E-state index contributed by atoms with van der Waals surface area (Å²) < 4.78 is 28.5. The Balaban J connectivity index is 2.16. The average molecular weight is 256 g/mol. The molecule has 0 N–H and O–H groups in total. The van der Waals surface area contributed by atoms with E-state index in [2.05, 4.69) is 0 Å². The van der Waals surface area contributed by atoms with Crippen molar-refractivity contribution in [2.75, 3.05) is 0 Å². The normalized spacial score (nSPS) is 32.1. The fourth-order valence-electron chi connectivity index (χ4n) is 1.96. The molecule has 2 rings (SSSR count). The van der Waals surface area contributed by atoms with Crippen molar-refractivity contribution < 1.29 is 18.1 Å². The smallest absolute Gasteiger partial charge is 0.404 e. The molecule has 0 aromatic heterocycles. The Morgan fingerprint density at radius 2 is 2.00 bits per heavy atom. The molecule has 1 aromatic rings. The zero-order chi connectivity index (χ0) is 12.5. The van der Waals surface area contributed by atoms with Gasteiger partial charge < -0.3 is 4.52 Å². The Bertz CT molecular complexity index is 429. The van der Waals surface area contributed by atoms with Crippen LogP contribution in [-0.2, 0) is 13.6 Å². The lowest BCUT2D eigenvalue weighted by molar-refractivity contribution is -0.0340. The van der Waals surface area contributed by atoms with Crippen LogP contribution >= 0.6 is 7.82 Å². The molecule has 1 fully saturated rings. The van der Waals surface area contributed by atoms with Crippen LogP contribution < -0.4 is 4.52 Å². The maximum absolute atomic E-state index is 12.4. The van der Waals surface area contributed by atoms with Crippen LogP contribution in [-0.4, -0.2) is 11.7 Å². The Kier molecular flexibility index (Phi) is 3.30. The summed E-state index contributed by atoms with van der Waals surface area (Å²) in [4.78, 5) is 0. The third-order valence-corrected chi connectivity index (χ3v) is 4.18. The van der Waals surface area contributed by atoms with Crippen LogP contribution in [0.3, 0.4) is 0 Å². The van der Waals surface area contributed by atoms with E-state index in [4.69, 9.17) is 13.6 Å². The molecule has 0 amide bonds. The van der Waals surface area contributed by atoms with Gasteiger partial charge in [-0.05, 0) is 32.9 Å². The summed E-state index contributed by atoms with van der Waals surface area (Å²) in [5.74, 6) is 0.487. The van der Waals surface area contributed by atoms with Gasteiger partial charge in [0.25, 0.3) is 0 Å². The Morgan fingerprint density at radius 1 is 1.35 bits per heavy atom. The van der Waals surface area contributed by atoms with Crippen LogP contribution in [0.15, 0.2) is 30.3 Å². The minimum Gasteiger partial charge on any atom is -0.404 e. The van der Waals surface area contributed by atoms with E-state index in [-0.39, 0.29) is 6.10 Å². The summed E-state index contributed by atoms with van der Waals surface area (Å²) in [6, 6.07) is 8.91. The highest BCUT2D eigenvalue weighted by atomic mass is 31.2. The van der Waals surface area contributed by atoms with E-state index in [0.29, 0.717) is 12.2 Å². The zero-order valence-electron chi connectivity index (χ0n) is 10.3. The van der Waals surface area contributed by atoms with Crippen LogP contribution in [0.4, 0.5) is 0 Å². The number of rotatable bonds is 2. The van der Waals surface area contributed by atoms with Gasteiger partial charge in [-0.2, -0.15) is 0 Å². The summed E-state index contributed by atoms with van der Waals surface area (Å²) in [5, 5.41) is 0. The molecule has 1 saturated heterocycles. The molecule has 1 aliphatic heterocycles. The number of hydrogen-bond acceptors (Lipinski definition) is 4. The monoisotopic (exact) mass is 256 g/mol. The number of hydrogen-bond donors (Lipinski definition) is 0. The minimum atomic E-state index is -3.51. The number of benzene rings is 1. The summed E-state index contributed by atoms with van der Waals surface area (Å²) in [6.07, 6.45) is 0.545. The van der Waals surface area contributed by atoms with Gasteiger partial charge in [0.1, 0.15) is 5.75 Å². The minimum absolute atomic E-state index is 0.145. The van der Waals surface area contributed by atoms with Gasteiger partial charge >= 0.3 is 7.82 Å². The SMILES string of the molecule is C[C@H]1CC(C)(C)OP(=O)(Oc2ccccc2)O1.